The minimum atomic E-state index is -0.535. The molecule has 126 valence electrons. The van der Waals surface area contributed by atoms with Crippen LogP contribution >= 0.6 is 0 Å². The lowest BCUT2D eigenvalue weighted by molar-refractivity contribution is -0.123. The predicted octanol–water partition coefficient (Wildman–Crippen LogP) is 0.913. The molecule has 0 radical (unpaired) electrons. The van der Waals surface area contributed by atoms with Crippen molar-refractivity contribution in [3.05, 3.63) is 53.7 Å². The van der Waals surface area contributed by atoms with Gasteiger partial charge < -0.3 is 19.7 Å². The molecule has 7 heteroatoms. The first-order valence-corrected chi connectivity index (χ1v) is 7.86. The average Bonchev–Trinajstić information content (AvgIpc) is 3.15. The zero-order chi connectivity index (χ0) is 16.9. The molecule has 1 aliphatic heterocycles. The Morgan fingerprint density at radius 1 is 1.38 bits per heavy atom. The van der Waals surface area contributed by atoms with E-state index in [4.69, 9.17) is 9.52 Å². The second kappa shape index (κ2) is 7.27. The number of carbonyl (C=O) groups is 2. The van der Waals surface area contributed by atoms with E-state index in [9.17, 15) is 9.59 Å². The summed E-state index contributed by atoms with van der Waals surface area (Å²) in [6.07, 6.45) is 3.59. The number of nitrogens with one attached hydrogen (secondary N) is 1. The molecule has 2 aromatic heterocycles. The predicted molar refractivity (Wildman–Crippen MR) is 85.1 cm³/mol. The zero-order valence-corrected chi connectivity index (χ0v) is 13.1. The van der Waals surface area contributed by atoms with Gasteiger partial charge in [-0.3, -0.25) is 14.6 Å². The Morgan fingerprint density at radius 3 is 3.00 bits per heavy atom. The number of pyridine rings is 1. The molecule has 1 unspecified atom stereocenters. The van der Waals surface area contributed by atoms with Crippen LogP contribution in [0.5, 0.6) is 0 Å². The fraction of sp³-hybridized carbons (Fsp3) is 0.353. The summed E-state index contributed by atoms with van der Waals surface area (Å²) in [5, 5.41) is 11.6. The molecule has 1 atom stereocenters. The number of fused-ring (bicyclic) bond motifs is 1. The lowest BCUT2D eigenvalue weighted by Gasteiger charge is -2.32. The van der Waals surface area contributed by atoms with Gasteiger partial charge in [0, 0.05) is 32.4 Å². The van der Waals surface area contributed by atoms with Gasteiger partial charge in [0.05, 0.1) is 17.9 Å². The highest BCUT2D eigenvalue weighted by Crippen LogP contribution is 2.27. The van der Waals surface area contributed by atoms with Crippen LogP contribution in [0, 0.1) is 0 Å². The molecule has 0 fully saturated rings. The average molecular weight is 329 g/mol. The van der Waals surface area contributed by atoms with Crippen LogP contribution in [0.4, 0.5) is 0 Å². The van der Waals surface area contributed by atoms with Crippen molar-refractivity contribution in [1.29, 1.82) is 0 Å². The smallest absolute Gasteiger partial charge is 0.289 e. The number of nitrogens with zero attached hydrogens (tertiary/aromatic N) is 2. The molecule has 1 aliphatic rings. The third kappa shape index (κ3) is 3.30. The largest absolute Gasteiger partial charge is 0.459 e. The number of aromatic nitrogens is 1. The molecule has 0 saturated carbocycles. The molecule has 2 amide bonds. The van der Waals surface area contributed by atoms with Gasteiger partial charge in [-0.15, -0.1) is 0 Å². The van der Waals surface area contributed by atoms with E-state index in [1.54, 1.807) is 29.3 Å². The van der Waals surface area contributed by atoms with Gasteiger partial charge in [-0.2, -0.15) is 0 Å². The molecule has 0 bridgehead atoms. The van der Waals surface area contributed by atoms with Crippen LogP contribution in [0.15, 0.2) is 41.1 Å². The number of amides is 2. The molecule has 24 heavy (non-hydrogen) atoms. The van der Waals surface area contributed by atoms with Gasteiger partial charge in [-0.05, 0) is 30.2 Å². The zero-order valence-electron chi connectivity index (χ0n) is 13.1. The first kappa shape index (κ1) is 16.2. The molecule has 3 rings (SSSR count). The fourth-order valence-corrected chi connectivity index (χ4v) is 2.81. The minimum Gasteiger partial charge on any atom is -0.459 e. The van der Waals surface area contributed by atoms with Gasteiger partial charge in [-0.25, -0.2) is 0 Å². The van der Waals surface area contributed by atoms with Crippen LogP contribution < -0.4 is 5.32 Å². The van der Waals surface area contributed by atoms with Crippen molar-refractivity contribution in [2.24, 2.45) is 0 Å². The fourth-order valence-electron chi connectivity index (χ4n) is 2.81. The molecule has 2 aromatic rings. The quantitative estimate of drug-likeness (QED) is 0.795. The summed E-state index contributed by atoms with van der Waals surface area (Å²) in [4.78, 5) is 31.0. The maximum atomic E-state index is 12.5. The molecule has 0 aliphatic carbocycles. The highest BCUT2D eigenvalue weighted by Gasteiger charge is 2.34. The molecule has 2 N–H and O–H groups in total. The second-order valence-corrected chi connectivity index (χ2v) is 5.63. The summed E-state index contributed by atoms with van der Waals surface area (Å²) in [6.45, 7) is 1.04. The van der Waals surface area contributed by atoms with E-state index in [0.29, 0.717) is 25.2 Å². The van der Waals surface area contributed by atoms with Crippen molar-refractivity contribution >= 4 is 11.8 Å². The van der Waals surface area contributed by atoms with Crippen molar-refractivity contribution in [1.82, 2.24) is 15.2 Å². The second-order valence-electron chi connectivity index (χ2n) is 5.63. The van der Waals surface area contributed by atoms with E-state index in [1.165, 1.54) is 6.26 Å². The maximum Gasteiger partial charge on any atom is 0.289 e. The number of aliphatic hydroxyl groups is 1. The van der Waals surface area contributed by atoms with E-state index in [-0.39, 0.29) is 30.7 Å². The lowest BCUT2D eigenvalue weighted by atomic mass is 9.93. The number of furan rings is 1. The first-order valence-electron chi connectivity index (χ1n) is 7.86. The van der Waals surface area contributed by atoms with Crippen molar-refractivity contribution in [3.8, 4) is 0 Å². The van der Waals surface area contributed by atoms with Crippen molar-refractivity contribution in [3.63, 3.8) is 0 Å². The Hall–Kier alpha value is -2.67. The standard InChI is InChI=1S/C17H19N3O4/c21-8-3-7-19-16(22)13-11-20(17(23)14-5-2-9-24-14)10-12-4-1-6-18-15(12)13/h1-2,4-6,9,13,21H,3,7-8,10-11H2,(H,19,22). The van der Waals surface area contributed by atoms with E-state index in [2.05, 4.69) is 10.3 Å². The Morgan fingerprint density at radius 2 is 2.25 bits per heavy atom. The molecule has 0 aromatic carbocycles. The van der Waals surface area contributed by atoms with Crippen LogP contribution in [-0.4, -0.2) is 46.5 Å². The Labute approximate surface area is 139 Å². The summed E-state index contributed by atoms with van der Waals surface area (Å²) >= 11 is 0. The van der Waals surface area contributed by atoms with Crippen molar-refractivity contribution in [2.45, 2.75) is 18.9 Å². The Bertz CT molecular complexity index is 714. The third-order valence-electron chi connectivity index (χ3n) is 3.99. The van der Waals surface area contributed by atoms with Crippen LogP contribution in [0.25, 0.3) is 0 Å². The highest BCUT2D eigenvalue weighted by atomic mass is 16.3. The highest BCUT2D eigenvalue weighted by molar-refractivity contribution is 5.93. The summed E-state index contributed by atoms with van der Waals surface area (Å²) in [5.74, 6) is -0.725. The number of carbonyl (C=O) groups excluding carboxylic acids is 2. The van der Waals surface area contributed by atoms with Gasteiger partial charge in [-0.1, -0.05) is 6.07 Å². The number of hydrogen-bond donors (Lipinski definition) is 2. The number of rotatable bonds is 5. The molecular formula is C17H19N3O4. The third-order valence-corrected chi connectivity index (χ3v) is 3.99. The van der Waals surface area contributed by atoms with Crippen LogP contribution in [-0.2, 0) is 11.3 Å². The Balaban J connectivity index is 1.82. The first-order chi connectivity index (χ1) is 11.7. The van der Waals surface area contributed by atoms with E-state index >= 15 is 0 Å². The topological polar surface area (TPSA) is 95.7 Å². The van der Waals surface area contributed by atoms with Gasteiger partial charge in [0.2, 0.25) is 5.91 Å². The number of hydrogen-bond acceptors (Lipinski definition) is 5. The van der Waals surface area contributed by atoms with E-state index < -0.39 is 5.92 Å². The van der Waals surface area contributed by atoms with Crippen LogP contribution in [0.1, 0.15) is 34.2 Å². The molecule has 3 heterocycles. The summed E-state index contributed by atoms with van der Waals surface area (Å²) in [5.41, 5.74) is 1.55. The summed E-state index contributed by atoms with van der Waals surface area (Å²) in [7, 11) is 0. The Kier molecular flexibility index (Phi) is 4.90. The van der Waals surface area contributed by atoms with Gasteiger partial charge >= 0.3 is 0 Å². The maximum absolute atomic E-state index is 12.5. The van der Waals surface area contributed by atoms with E-state index in [1.807, 2.05) is 6.07 Å². The van der Waals surface area contributed by atoms with E-state index in [0.717, 1.165) is 5.56 Å². The van der Waals surface area contributed by atoms with Gasteiger partial charge in [0.1, 0.15) is 0 Å². The molecular weight excluding hydrogens is 310 g/mol. The monoisotopic (exact) mass is 329 g/mol. The minimum absolute atomic E-state index is 0.0168. The van der Waals surface area contributed by atoms with Gasteiger partial charge in [0.15, 0.2) is 5.76 Å². The van der Waals surface area contributed by atoms with Gasteiger partial charge in [0.25, 0.3) is 5.91 Å². The summed E-state index contributed by atoms with van der Waals surface area (Å²) in [6, 6.07) is 6.93. The molecule has 0 spiro atoms. The van der Waals surface area contributed by atoms with Crippen molar-refractivity contribution < 1.29 is 19.1 Å². The SMILES string of the molecule is O=C(NCCCO)C1CN(C(=O)c2ccco2)Cc2cccnc21. The normalized spacial score (nSPS) is 16.5. The summed E-state index contributed by atoms with van der Waals surface area (Å²) < 4.78 is 5.18. The van der Waals surface area contributed by atoms with Crippen molar-refractivity contribution in [2.75, 3.05) is 19.7 Å². The molecule has 7 nitrogen and oxygen atoms in total. The van der Waals surface area contributed by atoms with Crippen LogP contribution in [0.3, 0.4) is 0 Å². The molecule has 0 saturated heterocycles. The number of aliphatic hydroxyl groups excluding tert-OH is 1. The lowest BCUT2D eigenvalue weighted by Crippen LogP contribution is -2.44. The van der Waals surface area contributed by atoms with Crippen LogP contribution in [0.2, 0.25) is 0 Å².